The molecule has 4 rings (SSSR count). The second-order valence-corrected chi connectivity index (χ2v) is 12.8. The standard InChI is InChI=1S/C26H29ClN2O4S2/c1-3-21-10-14-24(15-11-21)34(30,31)28-18-16-23(17-19-28)29(22-12-8-20(2)9-13-22)35(32,33)26-7-5-4-6-25(26)27/h4-15,23H,3,16-19H2,1-2H3. The van der Waals surface area contributed by atoms with Crippen molar-refractivity contribution in [2.45, 2.75) is 48.9 Å². The van der Waals surface area contributed by atoms with E-state index in [-0.39, 0.29) is 27.9 Å². The van der Waals surface area contributed by atoms with Crippen LogP contribution in [0.3, 0.4) is 0 Å². The Bertz CT molecular complexity index is 1380. The van der Waals surface area contributed by atoms with Crippen molar-refractivity contribution in [1.29, 1.82) is 0 Å². The van der Waals surface area contributed by atoms with Crippen LogP contribution in [0.5, 0.6) is 0 Å². The maximum Gasteiger partial charge on any atom is 0.266 e. The lowest BCUT2D eigenvalue weighted by molar-refractivity contribution is 0.320. The molecule has 0 spiro atoms. The Labute approximate surface area is 213 Å². The lowest BCUT2D eigenvalue weighted by atomic mass is 10.1. The third-order valence-electron chi connectivity index (χ3n) is 6.39. The van der Waals surface area contributed by atoms with Crippen LogP contribution in [0.15, 0.2) is 82.6 Å². The normalized spacial score (nSPS) is 15.7. The summed E-state index contributed by atoms with van der Waals surface area (Å²) in [6.07, 6.45) is 1.56. The van der Waals surface area contributed by atoms with Crippen LogP contribution in [0.4, 0.5) is 5.69 Å². The molecule has 0 saturated carbocycles. The van der Waals surface area contributed by atoms with E-state index in [1.807, 2.05) is 38.1 Å². The van der Waals surface area contributed by atoms with Gasteiger partial charge in [-0.1, -0.05) is 60.5 Å². The Morgan fingerprint density at radius 1 is 0.886 bits per heavy atom. The van der Waals surface area contributed by atoms with Crippen molar-refractivity contribution in [2.75, 3.05) is 17.4 Å². The van der Waals surface area contributed by atoms with Gasteiger partial charge in [0, 0.05) is 19.1 Å². The smallest absolute Gasteiger partial charge is 0.263 e. The molecule has 186 valence electrons. The van der Waals surface area contributed by atoms with Gasteiger partial charge < -0.3 is 0 Å². The molecule has 35 heavy (non-hydrogen) atoms. The number of nitrogens with zero attached hydrogens (tertiary/aromatic N) is 2. The van der Waals surface area contributed by atoms with E-state index < -0.39 is 26.1 Å². The van der Waals surface area contributed by atoms with Gasteiger partial charge in [-0.3, -0.25) is 4.31 Å². The minimum atomic E-state index is -3.98. The number of anilines is 1. The molecule has 0 atom stereocenters. The first kappa shape index (κ1) is 25.7. The van der Waals surface area contributed by atoms with Gasteiger partial charge in [-0.2, -0.15) is 4.31 Å². The van der Waals surface area contributed by atoms with Crippen molar-refractivity contribution in [2.24, 2.45) is 0 Å². The number of hydrogen-bond acceptors (Lipinski definition) is 4. The van der Waals surface area contributed by atoms with Gasteiger partial charge in [0.1, 0.15) is 4.90 Å². The van der Waals surface area contributed by atoms with Gasteiger partial charge in [0.2, 0.25) is 10.0 Å². The average molecular weight is 533 g/mol. The zero-order valence-corrected chi connectivity index (χ0v) is 22.2. The summed E-state index contributed by atoms with van der Waals surface area (Å²) in [4.78, 5) is 0.292. The Kier molecular flexibility index (Phi) is 7.57. The van der Waals surface area contributed by atoms with E-state index in [0.29, 0.717) is 18.5 Å². The molecule has 1 aliphatic heterocycles. The molecule has 0 amide bonds. The van der Waals surface area contributed by atoms with Crippen LogP contribution in [-0.2, 0) is 26.5 Å². The summed E-state index contributed by atoms with van der Waals surface area (Å²) < 4.78 is 56.9. The van der Waals surface area contributed by atoms with Gasteiger partial charge in [0.05, 0.1) is 15.6 Å². The van der Waals surface area contributed by atoms with Crippen molar-refractivity contribution in [3.05, 3.63) is 88.9 Å². The Balaban J connectivity index is 1.63. The second kappa shape index (κ2) is 10.3. The highest BCUT2D eigenvalue weighted by Gasteiger charge is 2.37. The number of aryl methyl sites for hydroxylation is 2. The minimum absolute atomic E-state index is 0.0355. The first-order valence-electron chi connectivity index (χ1n) is 11.6. The summed E-state index contributed by atoms with van der Waals surface area (Å²) in [6, 6.07) is 20.2. The number of benzene rings is 3. The molecule has 6 nitrogen and oxygen atoms in total. The first-order chi connectivity index (χ1) is 16.6. The SMILES string of the molecule is CCc1ccc(S(=O)(=O)N2CCC(N(c3ccc(C)cc3)S(=O)(=O)c3ccccc3Cl)CC2)cc1. The highest BCUT2D eigenvalue weighted by atomic mass is 35.5. The van der Waals surface area contributed by atoms with Gasteiger partial charge in [0.25, 0.3) is 10.0 Å². The van der Waals surface area contributed by atoms with E-state index in [0.717, 1.165) is 17.5 Å². The van der Waals surface area contributed by atoms with E-state index in [9.17, 15) is 16.8 Å². The van der Waals surface area contributed by atoms with Crippen LogP contribution >= 0.6 is 11.6 Å². The van der Waals surface area contributed by atoms with Crippen LogP contribution in [-0.4, -0.2) is 40.3 Å². The second-order valence-electron chi connectivity index (χ2n) is 8.70. The molecule has 0 unspecified atom stereocenters. The summed E-state index contributed by atoms with van der Waals surface area (Å²) in [7, 11) is -7.63. The van der Waals surface area contributed by atoms with E-state index in [4.69, 9.17) is 11.6 Å². The zero-order valence-electron chi connectivity index (χ0n) is 19.8. The fourth-order valence-corrected chi connectivity index (χ4v) is 8.04. The average Bonchev–Trinajstić information content (AvgIpc) is 2.86. The Morgan fingerprint density at radius 2 is 1.49 bits per heavy atom. The molecule has 3 aromatic rings. The van der Waals surface area contributed by atoms with Gasteiger partial charge >= 0.3 is 0 Å². The topological polar surface area (TPSA) is 74.8 Å². The van der Waals surface area contributed by atoms with Crippen molar-refractivity contribution in [3.63, 3.8) is 0 Å². The molecular formula is C26H29ClN2O4S2. The van der Waals surface area contributed by atoms with E-state index in [2.05, 4.69) is 0 Å². The zero-order chi connectivity index (χ0) is 25.2. The minimum Gasteiger partial charge on any atom is -0.263 e. The third-order valence-corrected chi connectivity index (χ3v) is 10.7. The maximum atomic E-state index is 13.8. The largest absolute Gasteiger partial charge is 0.266 e. The van der Waals surface area contributed by atoms with E-state index >= 15 is 0 Å². The van der Waals surface area contributed by atoms with Gasteiger partial charge in [-0.05, 0) is 68.1 Å². The van der Waals surface area contributed by atoms with Crippen molar-refractivity contribution in [1.82, 2.24) is 4.31 Å². The summed E-state index contributed by atoms with van der Waals surface area (Å²) in [5.74, 6) is 0. The molecular weight excluding hydrogens is 504 g/mol. The lowest BCUT2D eigenvalue weighted by Gasteiger charge is -2.38. The summed E-state index contributed by atoms with van der Waals surface area (Å²) in [6.45, 7) is 4.41. The molecule has 1 fully saturated rings. The van der Waals surface area contributed by atoms with Crippen LogP contribution in [0.2, 0.25) is 5.02 Å². The highest BCUT2D eigenvalue weighted by Crippen LogP contribution is 2.34. The molecule has 1 saturated heterocycles. The quantitative estimate of drug-likeness (QED) is 0.416. The van der Waals surface area contributed by atoms with E-state index in [1.54, 1.807) is 42.5 Å². The van der Waals surface area contributed by atoms with Gasteiger partial charge in [-0.15, -0.1) is 0 Å². The van der Waals surface area contributed by atoms with Crippen molar-refractivity contribution < 1.29 is 16.8 Å². The maximum absolute atomic E-state index is 13.8. The predicted octanol–water partition coefficient (Wildman–Crippen LogP) is 5.26. The van der Waals surface area contributed by atoms with Gasteiger partial charge in [0.15, 0.2) is 0 Å². The molecule has 0 aromatic heterocycles. The summed E-state index contributed by atoms with van der Waals surface area (Å²) in [5, 5.41) is 0.153. The van der Waals surface area contributed by atoms with Crippen LogP contribution < -0.4 is 4.31 Å². The number of piperidine rings is 1. The summed E-state index contributed by atoms with van der Waals surface area (Å²) in [5.41, 5.74) is 2.62. The van der Waals surface area contributed by atoms with Crippen LogP contribution in [0.1, 0.15) is 30.9 Å². The fourth-order valence-electron chi connectivity index (χ4n) is 4.36. The molecule has 0 bridgehead atoms. The fraction of sp³-hybridized carbons (Fsp3) is 0.308. The summed E-state index contributed by atoms with van der Waals surface area (Å²) >= 11 is 6.28. The molecule has 1 aliphatic rings. The Hall–Kier alpha value is -2.39. The van der Waals surface area contributed by atoms with Crippen molar-refractivity contribution >= 4 is 37.3 Å². The molecule has 0 aliphatic carbocycles. The van der Waals surface area contributed by atoms with Crippen LogP contribution in [0.25, 0.3) is 0 Å². The van der Waals surface area contributed by atoms with Crippen LogP contribution in [0, 0.1) is 6.92 Å². The predicted molar refractivity (Wildman–Crippen MR) is 140 cm³/mol. The third kappa shape index (κ3) is 5.26. The molecule has 3 aromatic carbocycles. The monoisotopic (exact) mass is 532 g/mol. The first-order valence-corrected chi connectivity index (χ1v) is 14.8. The molecule has 0 N–H and O–H groups in total. The van der Waals surface area contributed by atoms with Crippen molar-refractivity contribution in [3.8, 4) is 0 Å². The Morgan fingerprint density at radius 3 is 2.06 bits per heavy atom. The molecule has 0 radical (unpaired) electrons. The number of sulfonamides is 2. The lowest BCUT2D eigenvalue weighted by Crippen LogP contribution is -2.49. The van der Waals surface area contributed by atoms with E-state index in [1.165, 1.54) is 14.7 Å². The molecule has 1 heterocycles. The number of rotatable bonds is 7. The van der Waals surface area contributed by atoms with Gasteiger partial charge in [-0.25, -0.2) is 16.8 Å². The highest BCUT2D eigenvalue weighted by molar-refractivity contribution is 7.93. The number of hydrogen-bond donors (Lipinski definition) is 0. The molecule has 9 heteroatoms. The number of halogens is 1.